The summed E-state index contributed by atoms with van der Waals surface area (Å²) in [6, 6.07) is 9.10. The van der Waals surface area contributed by atoms with Gasteiger partial charge in [0.2, 0.25) is 0 Å². The van der Waals surface area contributed by atoms with Crippen LogP contribution in [-0.4, -0.2) is 24.5 Å². The molecule has 2 rings (SSSR count). The monoisotopic (exact) mass is 288 g/mol. The van der Waals surface area contributed by atoms with Crippen LogP contribution in [0.5, 0.6) is 0 Å². The smallest absolute Gasteiger partial charge is 0.0233 e. The Morgan fingerprint density at radius 2 is 2.00 bits per heavy atom. The first-order chi connectivity index (χ1) is 10.1. The molecule has 0 aliphatic carbocycles. The zero-order chi connectivity index (χ0) is 15.1. The molecule has 1 saturated heterocycles. The second-order valence-corrected chi connectivity index (χ2v) is 7.16. The van der Waals surface area contributed by atoms with Gasteiger partial charge in [-0.2, -0.15) is 0 Å². The van der Waals surface area contributed by atoms with E-state index in [0.29, 0.717) is 5.92 Å². The lowest BCUT2D eigenvalue weighted by Gasteiger charge is -2.20. The van der Waals surface area contributed by atoms with Crippen LogP contribution in [0.4, 0.5) is 0 Å². The van der Waals surface area contributed by atoms with Crippen molar-refractivity contribution in [3.8, 4) is 0 Å². The number of rotatable bonds is 6. The predicted octanol–water partition coefficient (Wildman–Crippen LogP) is 4.05. The first-order valence-corrected chi connectivity index (χ1v) is 8.64. The van der Waals surface area contributed by atoms with E-state index < -0.39 is 0 Å². The maximum atomic E-state index is 3.53. The fourth-order valence-corrected chi connectivity index (χ4v) is 3.08. The lowest BCUT2D eigenvalue weighted by molar-refractivity contribution is 0.273. The summed E-state index contributed by atoms with van der Waals surface area (Å²) in [7, 11) is 0. The highest BCUT2D eigenvalue weighted by molar-refractivity contribution is 5.23. The Bertz CT molecular complexity index is 414. The minimum Gasteiger partial charge on any atom is -0.312 e. The topological polar surface area (TPSA) is 15.3 Å². The molecule has 21 heavy (non-hydrogen) atoms. The number of hydrogen-bond acceptors (Lipinski definition) is 2. The summed E-state index contributed by atoms with van der Waals surface area (Å²) >= 11 is 0. The first-order valence-electron chi connectivity index (χ1n) is 8.64. The van der Waals surface area contributed by atoms with Crippen LogP contribution >= 0.6 is 0 Å². The van der Waals surface area contributed by atoms with Gasteiger partial charge >= 0.3 is 0 Å². The summed E-state index contributed by atoms with van der Waals surface area (Å²) in [5.74, 6) is 1.62. The second kappa shape index (κ2) is 8.55. The summed E-state index contributed by atoms with van der Waals surface area (Å²) in [4.78, 5) is 2.63. The SMILES string of the molecule is CC(C)CNCc1cccc(CN2CCCC(C)CC2)c1. The first kappa shape index (κ1) is 16.5. The standard InChI is InChI=1S/C19H32N2/c1-16(2)13-20-14-18-7-4-8-19(12-18)15-21-10-5-6-17(3)9-11-21/h4,7-8,12,16-17,20H,5-6,9-11,13-15H2,1-3H3. The van der Waals surface area contributed by atoms with Crippen LogP contribution in [0.15, 0.2) is 24.3 Å². The molecule has 0 saturated carbocycles. The van der Waals surface area contributed by atoms with E-state index >= 15 is 0 Å². The molecule has 1 aromatic rings. The molecule has 1 atom stereocenters. The van der Waals surface area contributed by atoms with Crippen LogP contribution in [0.25, 0.3) is 0 Å². The van der Waals surface area contributed by atoms with Crippen molar-refractivity contribution >= 4 is 0 Å². The summed E-state index contributed by atoms with van der Waals surface area (Å²) in [5, 5.41) is 3.53. The normalized spacial score (nSPS) is 20.7. The average Bonchev–Trinajstić information content (AvgIpc) is 2.64. The lowest BCUT2D eigenvalue weighted by Crippen LogP contribution is -2.24. The predicted molar refractivity (Wildman–Crippen MR) is 91.3 cm³/mol. The van der Waals surface area contributed by atoms with Gasteiger partial charge in [-0.1, -0.05) is 45.0 Å². The molecular weight excluding hydrogens is 256 g/mol. The minimum atomic E-state index is 0.715. The van der Waals surface area contributed by atoms with Gasteiger partial charge < -0.3 is 5.32 Å². The molecule has 1 aliphatic rings. The summed E-state index contributed by atoms with van der Waals surface area (Å²) in [6.45, 7) is 12.6. The fourth-order valence-electron chi connectivity index (χ4n) is 3.08. The summed E-state index contributed by atoms with van der Waals surface area (Å²) in [5.41, 5.74) is 2.88. The highest BCUT2D eigenvalue weighted by Crippen LogP contribution is 2.18. The van der Waals surface area contributed by atoms with Crippen LogP contribution in [-0.2, 0) is 13.1 Å². The highest BCUT2D eigenvalue weighted by Gasteiger charge is 2.13. The fraction of sp³-hybridized carbons (Fsp3) is 0.684. The maximum absolute atomic E-state index is 3.53. The van der Waals surface area contributed by atoms with Gasteiger partial charge in [0, 0.05) is 13.1 Å². The van der Waals surface area contributed by atoms with Crippen LogP contribution in [0.2, 0.25) is 0 Å². The highest BCUT2D eigenvalue weighted by atomic mass is 15.1. The van der Waals surface area contributed by atoms with Gasteiger partial charge in [-0.05, 0) is 61.9 Å². The van der Waals surface area contributed by atoms with Gasteiger partial charge in [0.05, 0.1) is 0 Å². The van der Waals surface area contributed by atoms with Gasteiger partial charge in [0.25, 0.3) is 0 Å². The van der Waals surface area contributed by atoms with Gasteiger partial charge in [0.15, 0.2) is 0 Å². The van der Waals surface area contributed by atoms with Gasteiger partial charge in [-0.3, -0.25) is 4.90 Å². The van der Waals surface area contributed by atoms with E-state index in [1.165, 1.54) is 43.5 Å². The van der Waals surface area contributed by atoms with Crippen molar-refractivity contribution in [3.63, 3.8) is 0 Å². The average molecular weight is 288 g/mol. The lowest BCUT2D eigenvalue weighted by atomic mass is 10.0. The molecule has 2 nitrogen and oxygen atoms in total. The van der Waals surface area contributed by atoms with Gasteiger partial charge in [0.1, 0.15) is 0 Å². The Hall–Kier alpha value is -0.860. The third kappa shape index (κ3) is 6.19. The Labute approximate surface area is 130 Å². The Morgan fingerprint density at radius 3 is 2.81 bits per heavy atom. The Kier molecular flexibility index (Phi) is 6.72. The third-order valence-corrected chi connectivity index (χ3v) is 4.39. The van der Waals surface area contributed by atoms with Crippen molar-refractivity contribution in [1.82, 2.24) is 10.2 Å². The molecular formula is C19H32N2. The number of nitrogens with one attached hydrogen (secondary N) is 1. The Balaban J connectivity index is 1.85. The Morgan fingerprint density at radius 1 is 1.19 bits per heavy atom. The van der Waals surface area contributed by atoms with Crippen molar-refractivity contribution < 1.29 is 0 Å². The van der Waals surface area contributed by atoms with E-state index in [1.807, 2.05) is 0 Å². The number of hydrogen-bond donors (Lipinski definition) is 1. The summed E-state index contributed by atoms with van der Waals surface area (Å²) < 4.78 is 0. The molecule has 1 fully saturated rings. The molecule has 0 radical (unpaired) electrons. The van der Waals surface area contributed by atoms with E-state index in [2.05, 4.69) is 55.3 Å². The molecule has 0 amide bonds. The zero-order valence-electron chi connectivity index (χ0n) is 14.1. The van der Waals surface area contributed by atoms with Crippen molar-refractivity contribution in [2.45, 2.75) is 53.1 Å². The maximum Gasteiger partial charge on any atom is 0.0233 e. The molecule has 0 aromatic heterocycles. The molecule has 1 aromatic carbocycles. The quantitative estimate of drug-likeness (QED) is 0.849. The van der Waals surface area contributed by atoms with E-state index in [1.54, 1.807) is 0 Å². The van der Waals surface area contributed by atoms with E-state index in [4.69, 9.17) is 0 Å². The van der Waals surface area contributed by atoms with Crippen LogP contribution < -0.4 is 5.32 Å². The molecule has 1 unspecified atom stereocenters. The molecule has 0 spiro atoms. The van der Waals surface area contributed by atoms with E-state index in [9.17, 15) is 0 Å². The second-order valence-electron chi connectivity index (χ2n) is 7.16. The third-order valence-electron chi connectivity index (χ3n) is 4.39. The van der Waals surface area contributed by atoms with Crippen molar-refractivity contribution in [2.24, 2.45) is 11.8 Å². The zero-order valence-corrected chi connectivity index (χ0v) is 14.1. The number of nitrogens with zero attached hydrogens (tertiary/aromatic N) is 1. The summed E-state index contributed by atoms with van der Waals surface area (Å²) in [6.07, 6.45) is 4.11. The van der Waals surface area contributed by atoms with E-state index in [0.717, 1.165) is 25.6 Å². The number of likely N-dealkylation sites (tertiary alicyclic amines) is 1. The molecule has 118 valence electrons. The largest absolute Gasteiger partial charge is 0.312 e. The van der Waals surface area contributed by atoms with E-state index in [-0.39, 0.29) is 0 Å². The van der Waals surface area contributed by atoms with Crippen LogP contribution in [0.3, 0.4) is 0 Å². The van der Waals surface area contributed by atoms with Crippen LogP contribution in [0, 0.1) is 11.8 Å². The van der Waals surface area contributed by atoms with Crippen molar-refractivity contribution in [3.05, 3.63) is 35.4 Å². The molecule has 1 aliphatic heterocycles. The van der Waals surface area contributed by atoms with Crippen molar-refractivity contribution in [1.29, 1.82) is 0 Å². The van der Waals surface area contributed by atoms with Crippen LogP contribution in [0.1, 0.15) is 51.2 Å². The molecule has 1 N–H and O–H groups in total. The molecule has 0 bridgehead atoms. The number of benzene rings is 1. The van der Waals surface area contributed by atoms with Crippen molar-refractivity contribution in [2.75, 3.05) is 19.6 Å². The van der Waals surface area contributed by atoms with Gasteiger partial charge in [-0.25, -0.2) is 0 Å². The molecule has 1 heterocycles. The molecule has 2 heteroatoms. The minimum absolute atomic E-state index is 0.715. The van der Waals surface area contributed by atoms with Gasteiger partial charge in [-0.15, -0.1) is 0 Å².